The quantitative estimate of drug-likeness (QED) is 0.924. The fourth-order valence-electron chi connectivity index (χ4n) is 2.61. The Morgan fingerprint density at radius 2 is 2.20 bits per heavy atom. The van der Waals surface area contributed by atoms with Crippen LogP contribution in [0.15, 0.2) is 18.2 Å². The maximum Gasteiger partial charge on any atom is 0.154 e. The fourth-order valence-corrected chi connectivity index (χ4v) is 4.42. The topological polar surface area (TPSA) is 63.4 Å². The van der Waals surface area contributed by atoms with Crippen molar-refractivity contribution in [1.82, 2.24) is 0 Å². The molecule has 2 atom stereocenters. The van der Waals surface area contributed by atoms with Gasteiger partial charge in [0.05, 0.1) is 11.5 Å². The Kier molecular flexibility index (Phi) is 4.62. The van der Waals surface area contributed by atoms with Crippen LogP contribution in [0.5, 0.6) is 0 Å². The molecule has 1 aromatic rings. The highest BCUT2D eigenvalue weighted by Crippen LogP contribution is 2.27. The standard InChI is InChI=1S/C14H21ClN2O2S/c1-10(16)7-12-3-4-13(8-14(12)15)17-5-6-20(18,19)9-11(17)2/h3-4,8,10-11H,5-7,9,16H2,1-2H3. The van der Waals surface area contributed by atoms with E-state index in [-0.39, 0.29) is 23.6 Å². The minimum absolute atomic E-state index is 0.0240. The lowest BCUT2D eigenvalue weighted by molar-refractivity contribution is 0.568. The molecule has 0 radical (unpaired) electrons. The average molecular weight is 317 g/mol. The normalized spacial score (nSPS) is 23.6. The van der Waals surface area contributed by atoms with Gasteiger partial charge in [-0.3, -0.25) is 0 Å². The second-order valence-electron chi connectivity index (χ2n) is 5.61. The molecule has 2 rings (SSSR count). The molecule has 0 aliphatic carbocycles. The minimum Gasteiger partial charge on any atom is -0.367 e. The van der Waals surface area contributed by atoms with Gasteiger partial charge in [-0.1, -0.05) is 17.7 Å². The zero-order chi connectivity index (χ0) is 14.9. The molecule has 1 fully saturated rings. The fraction of sp³-hybridized carbons (Fsp3) is 0.571. The summed E-state index contributed by atoms with van der Waals surface area (Å²) in [6.07, 6.45) is 0.739. The number of benzene rings is 1. The summed E-state index contributed by atoms with van der Waals surface area (Å²) in [5.41, 5.74) is 7.80. The van der Waals surface area contributed by atoms with Crippen LogP contribution in [0.4, 0.5) is 5.69 Å². The van der Waals surface area contributed by atoms with Crippen LogP contribution in [0.1, 0.15) is 19.4 Å². The van der Waals surface area contributed by atoms with Gasteiger partial charge < -0.3 is 10.6 Å². The van der Waals surface area contributed by atoms with Crippen molar-refractivity contribution in [2.75, 3.05) is 23.0 Å². The Hall–Kier alpha value is -0.780. The summed E-state index contributed by atoms with van der Waals surface area (Å²) in [6, 6.07) is 5.93. The SMILES string of the molecule is CC(N)Cc1ccc(N2CCS(=O)(=O)CC2C)cc1Cl. The van der Waals surface area contributed by atoms with E-state index < -0.39 is 9.84 Å². The van der Waals surface area contributed by atoms with E-state index in [9.17, 15) is 8.42 Å². The molecule has 1 saturated heterocycles. The van der Waals surface area contributed by atoms with Crippen LogP contribution in [0, 0.1) is 0 Å². The van der Waals surface area contributed by atoms with E-state index in [1.54, 1.807) is 0 Å². The van der Waals surface area contributed by atoms with Crippen molar-refractivity contribution in [1.29, 1.82) is 0 Å². The Bertz CT molecular complexity index is 587. The summed E-state index contributed by atoms with van der Waals surface area (Å²) < 4.78 is 23.2. The monoisotopic (exact) mass is 316 g/mol. The van der Waals surface area contributed by atoms with Crippen molar-refractivity contribution in [3.05, 3.63) is 28.8 Å². The second-order valence-corrected chi connectivity index (χ2v) is 8.25. The van der Waals surface area contributed by atoms with Crippen LogP contribution in [0.3, 0.4) is 0 Å². The van der Waals surface area contributed by atoms with E-state index in [1.165, 1.54) is 0 Å². The molecular weight excluding hydrogens is 296 g/mol. The zero-order valence-electron chi connectivity index (χ0n) is 11.8. The Morgan fingerprint density at radius 1 is 1.50 bits per heavy atom. The maximum absolute atomic E-state index is 11.6. The van der Waals surface area contributed by atoms with E-state index >= 15 is 0 Å². The van der Waals surface area contributed by atoms with Gasteiger partial charge in [-0.05, 0) is 38.0 Å². The Labute approximate surface area is 125 Å². The summed E-state index contributed by atoms with van der Waals surface area (Å²) in [5.74, 6) is 0.406. The minimum atomic E-state index is -2.90. The summed E-state index contributed by atoms with van der Waals surface area (Å²) >= 11 is 6.30. The van der Waals surface area contributed by atoms with E-state index in [4.69, 9.17) is 17.3 Å². The second kappa shape index (κ2) is 5.92. The lowest BCUT2D eigenvalue weighted by Crippen LogP contribution is -2.47. The van der Waals surface area contributed by atoms with Crippen LogP contribution >= 0.6 is 11.6 Å². The molecule has 0 amide bonds. The first-order valence-corrected chi connectivity index (χ1v) is 8.99. The van der Waals surface area contributed by atoms with Gasteiger partial charge in [0.15, 0.2) is 9.84 Å². The predicted octanol–water partition coefficient (Wildman–Crippen LogP) is 1.85. The molecule has 20 heavy (non-hydrogen) atoms. The molecule has 2 N–H and O–H groups in total. The molecule has 1 heterocycles. The van der Waals surface area contributed by atoms with Crippen molar-refractivity contribution < 1.29 is 8.42 Å². The van der Waals surface area contributed by atoms with Gasteiger partial charge in [0.25, 0.3) is 0 Å². The molecule has 4 nitrogen and oxygen atoms in total. The average Bonchev–Trinajstić information content (AvgIpc) is 2.30. The first-order chi connectivity index (χ1) is 9.28. The van der Waals surface area contributed by atoms with Crippen molar-refractivity contribution in [2.24, 2.45) is 5.73 Å². The maximum atomic E-state index is 11.6. The number of nitrogens with zero attached hydrogens (tertiary/aromatic N) is 1. The van der Waals surface area contributed by atoms with E-state index in [0.29, 0.717) is 11.6 Å². The largest absolute Gasteiger partial charge is 0.367 e. The predicted molar refractivity (Wildman–Crippen MR) is 84.3 cm³/mol. The van der Waals surface area contributed by atoms with Crippen LogP contribution in [0.25, 0.3) is 0 Å². The van der Waals surface area contributed by atoms with Crippen molar-refractivity contribution >= 4 is 27.1 Å². The summed E-state index contributed by atoms with van der Waals surface area (Å²) in [6.45, 7) is 4.40. The first kappa shape index (κ1) is 15.6. The van der Waals surface area contributed by atoms with Crippen LogP contribution in [-0.2, 0) is 16.3 Å². The van der Waals surface area contributed by atoms with Crippen LogP contribution in [-0.4, -0.2) is 38.6 Å². The number of anilines is 1. The lowest BCUT2D eigenvalue weighted by atomic mass is 10.1. The third-order valence-electron chi connectivity index (χ3n) is 3.58. The van der Waals surface area contributed by atoms with Crippen molar-refractivity contribution in [3.63, 3.8) is 0 Å². The number of nitrogens with two attached hydrogens (primary N) is 1. The summed E-state index contributed by atoms with van der Waals surface area (Å²) in [7, 11) is -2.90. The molecule has 1 aliphatic heterocycles. The van der Waals surface area contributed by atoms with Crippen LogP contribution < -0.4 is 10.6 Å². The molecule has 1 aliphatic rings. The van der Waals surface area contributed by atoms with Gasteiger partial charge in [-0.25, -0.2) is 8.42 Å². The highest BCUT2D eigenvalue weighted by atomic mass is 35.5. The van der Waals surface area contributed by atoms with Gasteiger partial charge in [0.1, 0.15) is 0 Å². The molecule has 1 aromatic carbocycles. The molecule has 2 unspecified atom stereocenters. The van der Waals surface area contributed by atoms with Crippen molar-refractivity contribution in [3.8, 4) is 0 Å². The van der Waals surface area contributed by atoms with Gasteiger partial charge in [-0.15, -0.1) is 0 Å². The van der Waals surface area contributed by atoms with Gasteiger partial charge in [0.2, 0.25) is 0 Å². The molecule has 112 valence electrons. The summed E-state index contributed by atoms with van der Waals surface area (Å²) in [5, 5.41) is 0.695. The third kappa shape index (κ3) is 3.65. The van der Waals surface area contributed by atoms with E-state index in [2.05, 4.69) is 4.90 Å². The highest BCUT2D eigenvalue weighted by Gasteiger charge is 2.28. The molecular formula is C14H21ClN2O2S. The van der Waals surface area contributed by atoms with Crippen molar-refractivity contribution in [2.45, 2.75) is 32.4 Å². The number of rotatable bonds is 3. The van der Waals surface area contributed by atoms with E-state index in [1.807, 2.05) is 32.0 Å². The Balaban J connectivity index is 2.20. The number of hydrogen-bond donors (Lipinski definition) is 1. The molecule has 0 spiro atoms. The molecule has 6 heteroatoms. The van der Waals surface area contributed by atoms with Crippen LogP contribution in [0.2, 0.25) is 5.02 Å². The summed E-state index contributed by atoms with van der Waals surface area (Å²) in [4.78, 5) is 2.10. The molecule has 0 aromatic heterocycles. The van der Waals surface area contributed by atoms with Gasteiger partial charge in [0, 0.05) is 29.3 Å². The van der Waals surface area contributed by atoms with E-state index in [0.717, 1.165) is 17.7 Å². The number of hydrogen-bond acceptors (Lipinski definition) is 4. The lowest BCUT2D eigenvalue weighted by Gasteiger charge is -2.35. The number of sulfone groups is 1. The highest BCUT2D eigenvalue weighted by molar-refractivity contribution is 7.91. The molecule has 0 bridgehead atoms. The first-order valence-electron chi connectivity index (χ1n) is 6.79. The van der Waals surface area contributed by atoms with Gasteiger partial charge in [-0.2, -0.15) is 0 Å². The molecule has 0 saturated carbocycles. The Morgan fingerprint density at radius 3 is 2.75 bits per heavy atom. The zero-order valence-corrected chi connectivity index (χ0v) is 13.4. The smallest absolute Gasteiger partial charge is 0.154 e. The van der Waals surface area contributed by atoms with Gasteiger partial charge >= 0.3 is 0 Å². The number of halogens is 1. The third-order valence-corrected chi connectivity index (χ3v) is 5.73.